The molecule has 2 aliphatic carbocycles. The Hall–Kier alpha value is -1.92. The molecule has 0 aliphatic heterocycles. The van der Waals surface area contributed by atoms with Crippen LogP contribution in [0.3, 0.4) is 0 Å². The van der Waals surface area contributed by atoms with E-state index < -0.39 is 35.1 Å². The van der Waals surface area contributed by atoms with Crippen LogP contribution in [-0.2, 0) is 19.7 Å². The van der Waals surface area contributed by atoms with Crippen LogP contribution >= 0.6 is 0 Å². The van der Waals surface area contributed by atoms with Crippen LogP contribution < -0.4 is 0 Å². The Morgan fingerprint density at radius 2 is 1.29 bits per heavy atom. The molecule has 0 N–H and O–H groups in total. The summed E-state index contributed by atoms with van der Waals surface area (Å²) in [5, 5.41) is 0. The highest BCUT2D eigenvalue weighted by atomic mass is 32.3. The Balaban J connectivity index is 2.01. The van der Waals surface area contributed by atoms with Gasteiger partial charge in [-0.3, -0.25) is 0 Å². The van der Waals surface area contributed by atoms with Gasteiger partial charge in [0.15, 0.2) is 23.8 Å². The lowest BCUT2D eigenvalue weighted by atomic mass is 9.86. The van der Waals surface area contributed by atoms with E-state index in [-0.39, 0.29) is 22.1 Å². The fourth-order valence-electron chi connectivity index (χ4n) is 5.37. The highest BCUT2D eigenvalue weighted by Crippen LogP contribution is 2.75. The van der Waals surface area contributed by atoms with Crippen LogP contribution in [0.25, 0.3) is 0 Å². The van der Waals surface area contributed by atoms with Crippen molar-refractivity contribution in [2.75, 3.05) is 0 Å². The van der Waals surface area contributed by atoms with E-state index >= 15 is 0 Å². The summed E-state index contributed by atoms with van der Waals surface area (Å²) in [6, 6.07) is 15.9. The van der Waals surface area contributed by atoms with Crippen LogP contribution in [0.1, 0.15) is 26.7 Å². The van der Waals surface area contributed by atoms with E-state index in [1.165, 1.54) is 24.3 Å². The zero-order valence-corrected chi connectivity index (χ0v) is 17.6. The molecule has 148 valence electrons. The van der Waals surface area contributed by atoms with Crippen molar-refractivity contribution in [2.24, 2.45) is 17.3 Å². The molecule has 28 heavy (non-hydrogen) atoms. The minimum absolute atomic E-state index is 0.0250. The minimum Gasteiger partial charge on any atom is -0.222 e. The Morgan fingerprint density at radius 3 is 1.64 bits per heavy atom. The number of rotatable bonds is 5. The Kier molecular flexibility index (Phi) is 4.18. The maximum Gasteiger partial charge on any atom is 0.199 e. The van der Waals surface area contributed by atoms with Gasteiger partial charge in [-0.1, -0.05) is 55.5 Å². The smallest absolute Gasteiger partial charge is 0.199 e. The molecule has 0 bridgehead atoms. The second kappa shape index (κ2) is 6.04. The summed E-state index contributed by atoms with van der Waals surface area (Å²) in [4.78, 5) is 0.110. The summed E-state index contributed by atoms with van der Waals surface area (Å²) in [5.74, 6) is -0.560. The third-order valence-corrected chi connectivity index (χ3v) is 12.9. The Bertz CT molecular complexity index is 1070. The van der Waals surface area contributed by atoms with Crippen LogP contribution in [0.5, 0.6) is 0 Å². The molecular weight excluding hydrogens is 392 g/mol. The van der Waals surface area contributed by atoms with Gasteiger partial charge in [0.05, 0.1) is 9.79 Å². The third-order valence-electron chi connectivity index (χ3n) is 6.93. The van der Waals surface area contributed by atoms with E-state index in [4.69, 9.17) is 0 Å². The van der Waals surface area contributed by atoms with E-state index in [1.54, 1.807) is 43.3 Å². The number of allylic oxidation sites excluding steroid dienone is 1. The van der Waals surface area contributed by atoms with E-state index in [0.717, 1.165) is 12.0 Å². The van der Waals surface area contributed by atoms with E-state index in [9.17, 15) is 16.8 Å². The van der Waals surface area contributed by atoms with Gasteiger partial charge in [-0.2, -0.15) is 0 Å². The average molecular weight is 417 g/mol. The molecule has 2 aliphatic rings. The van der Waals surface area contributed by atoms with Gasteiger partial charge in [-0.15, -0.1) is 0 Å². The summed E-state index contributed by atoms with van der Waals surface area (Å²) in [5.41, 5.74) is 0.447. The molecule has 4 rings (SSSR count). The first-order valence-electron chi connectivity index (χ1n) is 9.38. The quantitative estimate of drug-likeness (QED) is 0.683. The minimum atomic E-state index is -4.16. The van der Waals surface area contributed by atoms with Crippen molar-refractivity contribution >= 4 is 19.7 Å². The first-order chi connectivity index (χ1) is 13.1. The van der Waals surface area contributed by atoms with Crippen LogP contribution in [0, 0.1) is 17.3 Å². The summed E-state index contributed by atoms with van der Waals surface area (Å²) >= 11 is 0. The van der Waals surface area contributed by atoms with Crippen molar-refractivity contribution in [2.45, 2.75) is 40.6 Å². The summed E-state index contributed by atoms with van der Waals surface area (Å²) < 4.78 is 53.7. The Labute approximate surface area is 167 Å². The van der Waals surface area contributed by atoms with Gasteiger partial charge in [-0.25, -0.2) is 16.8 Å². The number of fused-ring (bicyclic) bond motifs is 1. The normalized spacial score (nSPS) is 28.5. The summed E-state index contributed by atoms with van der Waals surface area (Å²) in [7, 11) is -8.32. The molecule has 0 radical (unpaired) electrons. The van der Waals surface area contributed by atoms with Crippen molar-refractivity contribution < 1.29 is 16.8 Å². The molecule has 0 amide bonds. The first-order valence-corrected chi connectivity index (χ1v) is 12.3. The molecule has 0 saturated heterocycles. The molecule has 2 saturated carbocycles. The zero-order chi connectivity index (χ0) is 20.4. The lowest BCUT2D eigenvalue weighted by Crippen LogP contribution is -2.51. The molecule has 2 fully saturated rings. The van der Waals surface area contributed by atoms with E-state index in [0.29, 0.717) is 0 Å². The van der Waals surface area contributed by atoms with Crippen LogP contribution in [0.15, 0.2) is 82.6 Å². The number of hydrogen-bond acceptors (Lipinski definition) is 4. The first kappa shape index (κ1) is 19.4. The number of benzene rings is 2. The fourth-order valence-corrected chi connectivity index (χ4v) is 11.1. The molecule has 2 aromatic carbocycles. The predicted octanol–water partition coefficient (Wildman–Crippen LogP) is 4.25. The van der Waals surface area contributed by atoms with Crippen molar-refractivity contribution in [3.8, 4) is 0 Å². The Morgan fingerprint density at radius 1 is 0.857 bits per heavy atom. The second-order valence-corrected chi connectivity index (χ2v) is 12.8. The molecule has 0 unspecified atom stereocenters. The second-order valence-electron chi connectivity index (χ2n) is 8.09. The standard InChI is InChI=1S/C22H24O4S2/c1-16(2)21-14-18(21)15-22(17(21)3,27(23,24)19-10-6-4-7-11-19)28(25,26)20-12-8-5-9-13-20/h4-13,17-18H,1,14-15H2,2-3H3/t17-,18+,21+/m1/s1. The van der Waals surface area contributed by atoms with Gasteiger partial charge in [0.1, 0.15) is 0 Å². The molecule has 6 heteroatoms. The van der Waals surface area contributed by atoms with Gasteiger partial charge < -0.3 is 0 Å². The lowest BCUT2D eigenvalue weighted by Gasteiger charge is -2.37. The molecule has 4 nitrogen and oxygen atoms in total. The van der Waals surface area contributed by atoms with E-state index in [1.807, 2.05) is 6.92 Å². The average Bonchev–Trinajstić information content (AvgIpc) is 3.35. The van der Waals surface area contributed by atoms with Gasteiger partial charge >= 0.3 is 0 Å². The summed E-state index contributed by atoms with van der Waals surface area (Å²) in [6.07, 6.45) is 0.912. The van der Waals surface area contributed by atoms with Crippen molar-refractivity contribution in [3.05, 3.63) is 72.8 Å². The largest absolute Gasteiger partial charge is 0.222 e. The summed E-state index contributed by atoms with van der Waals surface area (Å²) in [6.45, 7) is 7.75. The molecule has 3 atom stereocenters. The van der Waals surface area contributed by atoms with Crippen LogP contribution in [0.2, 0.25) is 0 Å². The maximum atomic E-state index is 13.9. The molecule has 0 spiro atoms. The number of hydrogen-bond donors (Lipinski definition) is 0. The molecule has 2 aromatic rings. The molecule has 0 heterocycles. The monoisotopic (exact) mass is 416 g/mol. The fraction of sp³-hybridized carbons (Fsp3) is 0.364. The number of sulfone groups is 2. The van der Waals surface area contributed by atoms with Crippen molar-refractivity contribution in [1.82, 2.24) is 0 Å². The predicted molar refractivity (Wildman–Crippen MR) is 109 cm³/mol. The van der Waals surface area contributed by atoms with E-state index in [2.05, 4.69) is 6.58 Å². The third kappa shape index (κ3) is 2.22. The highest BCUT2D eigenvalue weighted by Gasteiger charge is 2.78. The maximum absolute atomic E-state index is 13.9. The van der Waals surface area contributed by atoms with Gasteiger partial charge in [0, 0.05) is 5.92 Å². The zero-order valence-electron chi connectivity index (χ0n) is 16.0. The lowest BCUT2D eigenvalue weighted by molar-refractivity contribution is 0.379. The van der Waals surface area contributed by atoms with Crippen molar-refractivity contribution in [1.29, 1.82) is 0 Å². The van der Waals surface area contributed by atoms with Crippen LogP contribution in [-0.4, -0.2) is 20.9 Å². The van der Waals surface area contributed by atoms with Gasteiger partial charge in [0.25, 0.3) is 0 Å². The topological polar surface area (TPSA) is 68.3 Å². The molecule has 0 aromatic heterocycles. The van der Waals surface area contributed by atoms with Gasteiger partial charge in [-0.05, 0) is 55.4 Å². The van der Waals surface area contributed by atoms with Crippen molar-refractivity contribution in [3.63, 3.8) is 0 Å². The van der Waals surface area contributed by atoms with Gasteiger partial charge in [0.2, 0.25) is 0 Å². The van der Waals surface area contributed by atoms with Crippen LogP contribution in [0.4, 0.5) is 0 Å². The highest BCUT2D eigenvalue weighted by molar-refractivity contribution is 8.10. The molecular formula is C22H24O4S2. The SMILES string of the molecule is C=C(C)[C@]12C[C@H]1CC(S(=O)(=O)c1ccccc1)(S(=O)(=O)c1ccccc1)[C@@H]2C.